The molecule has 1 aromatic heterocycles. The molecule has 3 amide bonds. The lowest BCUT2D eigenvalue weighted by molar-refractivity contribution is -0.119. The number of benzene rings is 1. The molecule has 138 valence electrons. The molecule has 3 rings (SSSR count). The van der Waals surface area contributed by atoms with Crippen molar-refractivity contribution in [3.63, 3.8) is 0 Å². The van der Waals surface area contributed by atoms with Crippen LogP contribution in [0.3, 0.4) is 0 Å². The topological polar surface area (TPSA) is 99.8 Å². The van der Waals surface area contributed by atoms with Gasteiger partial charge in [0.15, 0.2) is 5.82 Å². The van der Waals surface area contributed by atoms with E-state index in [2.05, 4.69) is 25.8 Å². The van der Waals surface area contributed by atoms with Crippen LogP contribution in [0.25, 0.3) is 11.4 Å². The van der Waals surface area contributed by atoms with Crippen molar-refractivity contribution in [2.45, 2.75) is 55.5 Å². The molecule has 0 bridgehead atoms. The summed E-state index contributed by atoms with van der Waals surface area (Å²) in [7, 11) is 0. The number of hydrogen-bond acceptors (Lipinski definition) is 5. The van der Waals surface area contributed by atoms with Crippen LogP contribution in [0.2, 0.25) is 0 Å². The van der Waals surface area contributed by atoms with Crippen LogP contribution in [0.1, 0.15) is 39.0 Å². The second-order valence-corrected chi connectivity index (χ2v) is 7.70. The molecule has 0 aliphatic heterocycles. The van der Waals surface area contributed by atoms with Gasteiger partial charge in [0.1, 0.15) is 0 Å². The standard InChI is InChI=1S/C18H23N5O2S/c1-12(16(24)21-17(25)19-14-10-6-3-7-11-14)26-18-20-15(22-23-18)13-8-4-2-5-9-13/h2,4-5,8-9,12,14H,3,6-7,10-11H2,1H3,(H,20,22,23)(H2,19,21,24,25)/t12-/m0/s1. The number of H-pyrrole nitrogens is 1. The van der Waals surface area contributed by atoms with Crippen molar-refractivity contribution >= 4 is 23.7 Å². The predicted octanol–water partition coefficient (Wildman–Crippen LogP) is 3.11. The number of urea groups is 1. The second-order valence-electron chi connectivity index (χ2n) is 6.39. The molecule has 2 aromatic rings. The molecule has 0 saturated heterocycles. The predicted molar refractivity (Wildman–Crippen MR) is 101 cm³/mol. The van der Waals surface area contributed by atoms with Gasteiger partial charge in [-0.2, -0.15) is 0 Å². The van der Waals surface area contributed by atoms with E-state index in [0.29, 0.717) is 11.0 Å². The van der Waals surface area contributed by atoms with E-state index in [1.807, 2.05) is 30.3 Å². The number of thioether (sulfide) groups is 1. The number of aromatic amines is 1. The first kappa shape index (κ1) is 18.4. The fourth-order valence-corrected chi connectivity index (χ4v) is 3.64. The number of carbonyl (C=O) groups is 2. The molecule has 1 atom stereocenters. The lowest BCUT2D eigenvalue weighted by Gasteiger charge is -2.22. The van der Waals surface area contributed by atoms with Crippen molar-refractivity contribution in [2.24, 2.45) is 0 Å². The highest BCUT2D eigenvalue weighted by molar-refractivity contribution is 8.00. The first-order valence-corrected chi connectivity index (χ1v) is 9.75. The van der Waals surface area contributed by atoms with Crippen LogP contribution in [0.15, 0.2) is 35.5 Å². The van der Waals surface area contributed by atoms with E-state index in [9.17, 15) is 9.59 Å². The van der Waals surface area contributed by atoms with Gasteiger partial charge in [0, 0.05) is 11.6 Å². The van der Waals surface area contributed by atoms with Crippen molar-refractivity contribution in [2.75, 3.05) is 0 Å². The van der Waals surface area contributed by atoms with Gasteiger partial charge in [0.05, 0.1) is 5.25 Å². The Hall–Kier alpha value is -2.35. The maximum atomic E-state index is 12.2. The maximum absolute atomic E-state index is 12.2. The Morgan fingerprint density at radius 2 is 1.92 bits per heavy atom. The molecule has 0 unspecified atom stereocenters. The number of imide groups is 1. The Bertz CT molecular complexity index is 743. The largest absolute Gasteiger partial charge is 0.335 e. The molecule has 26 heavy (non-hydrogen) atoms. The summed E-state index contributed by atoms with van der Waals surface area (Å²) in [5.41, 5.74) is 0.927. The van der Waals surface area contributed by atoms with Crippen molar-refractivity contribution < 1.29 is 9.59 Å². The van der Waals surface area contributed by atoms with Crippen LogP contribution in [-0.2, 0) is 4.79 Å². The van der Waals surface area contributed by atoms with E-state index in [-0.39, 0.29) is 11.9 Å². The summed E-state index contributed by atoms with van der Waals surface area (Å²) in [4.78, 5) is 28.6. The molecular formula is C18H23N5O2S. The average molecular weight is 373 g/mol. The SMILES string of the molecule is C[C@H](Sc1n[nH]c(-c2ccccc2)n1)C(=O)NC(=O)NC1CCCCC1. The Kier molecular flexibility index (Phi) is 6.27. The first-order valence-electron chi connectivity index (χ1n) is 8.87. The zero-order valence-corrected chi connectivity index (χ0v) is 15.5. The second kappa shape index (κ2) is 8.84. The van der Waals surface area contributed by atoms with Gasteiger partial charge in [-0.1, -0.05) is 61.4 Å². The van der Waals surface area contributed by atoms with Gasteiger partial charge in [0.2, 0.25) is 11.1 Å². The molecule has 1 aliphatic rings. The third-order valence-corrected chi connectivity index (χ3v) is 5.30. The molecule has 1 saturated carbocycles. The Morgan fingerprint density at radius 1 is 1.19 bits per heavy atom. The van der Waals surface area contributed by atoms with Gasteiger partial charge in [-0.3, -0.25) is 15.2 Å². The summed E-state index contributed by atoms with van der Waals surface area (Å²) < 4.78 is 0. The van der Waals surface area contributed by atoms with Gasteiger partial charge >= 0.3 is 6.03 Å². The fourth-order valence-electron chi connectivity index (χ4n) is 2.92. The molecule has 1 aliphatic carbocycles. The number of carbonyl (C=O) groups excluding carboxylic acids is 2. The van der Waals surface area contributed by atoms with Gasteiger partial charge in [-0.15, -0.1) is 5.10 Å². The average Bonchev–Trinajstić information content (AvgIpc) is 3.11. The number of nitrogens with one attached hydrogen (secondary N) is 3. The summed E-state index contributed by atoms with van der Waals surface area (Å²) in [5, 5.41) is 12.3. The van der Waals surface area contributed by atoms with E-state index >= 15 is 0 Å². The van der Waals surface area contributed by atoms with E-state index in [4.69, 9.17) is 0 Å². The van der Waals surface area contributed by atoms with Crippen molar-refractivity contribution in [1.29, 1.82) is 0 Å². The molecule has 0 radical (unpaired) electrons. The highest BCUT2D eigenvalue weighted by atomic mass is 32.2. The molecule has 7 nitrogen and oxygen atoms in total. The number of hydrogen-bond donors (Lipinski definition) is 3. The minimum Gasteiger partial charge on any atom is -0.335 e. The molecule has 8 heteroatoms. The molecule has 1 aromatic carbocycles. The Labute approximate surface area is 156 Å². The van der Waals surface area contributed by atoms with Crippen molar-refractivity contribution in [1.82, 2.24) is 25.8 Å². The van der Waals surface area contributed by atoms with Gasteiger partial charge in [-0.25, -0.2) is 9.78 Å². The maximum Gasteiger partial charge on any atom is 0.321 e. The highest BCUT2D eigenvalue weighted by Crippen LogP contribution is 2.22. The molecule has 1 fully saturated rings. The van der Waals surface area contributed by atoms with Crippen LogP contribution < -0.4 is 10.6 Å². The van der Waals surface area contributed by atoms with Gasteiger partial charge in [-0.05, 0) is 19.8 Å². The zero-order valence-electron chi connectivity index (χ0n) is 14.7. The fraction of sp³-hybridized carbons (Fsp3) is 0.444. The van der Waals surface area contributed by atoms with Crippen molar-refractivity contribution in [3.05, 3.63) is 30.3 Å². The molecule has 1 heterocycles. The number of rotatable bonds is 5. The lowest BCUT2D eigenvalue weighted by Crippen LogP contribution is -2.47. The first-order chi connectivity index (χ1) is 12.6. The van der Waals surface area contributed by atoms with Gasteiger partial charge in [0.25, 0.3) is 0 Å². The summed E-state index contributed by atoms with van der Waals surface area (Å²) >= 11 is 1.21. The summed E-state index contributed by atoms with van der Waals surface area (Å²) in [6, 6.07) is 9.38. The normalized spacial score (nSPS) is 16.0. The van der Waals surface area contributed by atoms with E-state index < -0.39 is 11.3 Å². The monoisotopic (exact) mass is 373 g/mol. The van der Waals surface area contributed by atoms with Crippen LogP contribution in [0.4, 0.5) is 4.79 Å². The zero-order chi connectivity index (χ0) is 18.4. The molecule has 0 spiro atoms. The van der Waals surface area contributed by atoms with Crippen LogP contribution in [0.5, 0.6) is 0 Å². The van der Waals surface area contributed by atoms with Gasteiger partial charge < -0.3 is 5.32 Å². The third kappa shape index (κ3) is 5.08. The summed E-state index contributed by atoms with van der Waals surface area (Å²) in [5.74, 6) is 0.296. The number of aromatic nitrogens is 3. The van der Waals surface area contributed by atoms with E-state index in [0.717, 1.165) is 31.2 Å². The number of nitrogens with zero attached hydrogens (tertiary/aromatic N) is 2. The molecule has 3 N–H and O–H groups in total. The van der Waals surface area contributed by atoms with Crippen LogP contribution >= 0.6 is 11.8 Å². The lowest BCUT2D eigenvalue weighted by atomic mass is 9.96. The number of amides is 3. The highest BCUT2D eigenvalue weighted by Gasteiger charge is 2.21. The van der Waals surface area contributed by atoms with Crippen LogP contribution in [0, 0.1) is 0 Å². The summed E-state index contributed by atoms with van der Waals surface area (Å²) in [6.45, 7) is 1.73. The van der Waals surface area contributed by atoms with E-state index in [1.54, 1.807) is 6.92 Å². The Morgan fingerprint density at radius 3 is 2.65 bits per heavy atom. The summed E-state index contributed by atoms with van der Waals surface area (Å²) in [6.07, 6.45) is 5.42. The quantitative estimate of drug-likeness (QED) is 0.699. The minimum atomic E-state index is -0.480. The molecular weight excluding hydrogens is 350 g/mol. The van der Waals surface area contributed by atoms with Crippen molar-refractivity contribution in [3.8, 4) is 11.4 Å². The third-order valence-electron chi connectivity index (χ3n) is 4.34. The minimum absolute atomic E-state index is 0.168. The smallest absolute Gasteiger partial charge is 0.321 e. The Balaban J connectivity index is 1.49. The van der Waals surface area contributed by atoms with Crippen LogP contribution in [-0.4, -0.2) is 38.4 Å². The van der Waals surface area contributed by atoms with E-state index in [1.165, 1.54) is 18.2 Å².